The summed E-state index contributed by atoms with van der Waals surface area (Å²) < 4.78 is 4.56. The van der Waals surface area contributed by atoms with E-state index in [1.165, 1.54) is 7.11 Å². The van der Waals surface area contributed by atoms with E-state index in [-0.39, 0.29) is 0 Å². The Morgan fingerprint density at radius 3 is 2.75 bits per heavy atom. The van der Waals surface area contributed by atoms with Crippen molar-refractivity contribution in [3.05, 3.63) is 12.2 Å². The molecule has 6 nitrogen and oxygen atoms in total. The minimum absolute atomic E-state index is 0.376. The first-order chi connectivity index (χ1) is 7.44. The van der Waals surface area contributed by atoms with Gasteiger partial charge >= 0.3 is 5.97 Å². The smallest absolute Gasteiger partial charge is 0.325 e. The van der Waals surface area contributed by atoms with E-state index >= 15 is 0 Å². The molecule has 0 aliphatic carbocycles. The molecule has 0 aliphatic heterocycles. The largest absolute Gasteiger partial charge is 0.468 e. The Morgan fingerprint density at radius 1 is 1.62 bits per heavy atom. The highest BCUT2D eigenvalue weighted by molar-refractivity contribution is 5.80. The third kappa shape index (κ3) is 5.47. The first-order valence-electron chi connectivity index (χ1n) is 4.87. The number of aliphatic imine (C=N–C) groups is 1. The number of hydrogen-bond donors (Lipinski definition) is 3. The Balaban J connectivity index is 4.05. The van der Waals surface area contributed by atoms with E-state index in [1.807, 2.05) is 5.48 Å². The number of hydrogen-bond acceptors (Lipinski definition) is 5. The fourth-order valence-electron chi connectivity index (χ4n) is 0.944. The van der Waals surface area contributed by atoms with E-state index in [9.17, 15) is 4.79 Å². The van der Waals surface area contributed by atoms with Gasteiger partial charge in [0.15, 0.2) is 0 Å². The van der Waals surface area contributed by atoms with Crippen LogP contribution < -0.4 is 11.2 Å². The number of amidine groups is 1. The summed E-state index contributed by atoms with van der Waals surface area (Å²) in [5.41, 5.74) is 6.63. The molecule has 0 bridgehead atoms. The highest BCUT2D eigenvalue weighted by Gasteiger charge is 2.27. The van der Waals surface area contributed by atoms with Gasteiger partial charge in [0.1, 0.15) is 11.4 Å². The molecule has 0 fully saturated rings. The highest BCUT2D eigenvalue weighted by Crippen LogP contribution is 2.08. The van der Waals surface area contributed by atoms with Crippen LogP contribution in [0.1, 0.15) is 20.3 Å². The van der Waals surface area contributed by atoms with Crippen LogP contribution in [-0.2, 0) is 9.53 Å². The Bertz CT molecular complexity index is 285. The van der Waals surface area contributed by atoms with E-state index in [1.54, 1.807) is 26.0 Å². The predicted molar refractivity (Wildman–Crippen MR) is 61.3 cm³/mol. The van der Waals surface area contributed by atoms with Crippen molar-refractivity contribution in [3.63, 3.8) is 0 Å². The van der Waals surface area contributed by atoms with Crippen molar-refractivity contribution in [3.8, 4) is 0 Å². The van der Waals surface area contributed by atoms with Gasteiger partial charge in [-0.3, -0.25) is 20.5 Å². The molecule has 6 heteroatoms. The third-order valence-corrected chi connectivity index (χ3v) is 1.96. The summed E-state index contributed by atoms with van der Waals surface area (Å²) in [5.74, 6) is -0.0259. The second-order valence-electron chi connectivity index (χ2n) is 3.62. The van der Waals surface area contributed by atoms with Crippen molar-refractivity contribution in [2.45, 2.75) is 25.8 Å². The van der Waals surface area contributed by atoms with Crippen molar-refractivity contribution in [1.82, 2.24) is 5.48 Å². The zero-order chi connectivity index (χ0) is 12.6. The Labute approximate surface area is 95.1 Å². The highest BCUT2D eigenvalue weighted by atomic mass is 16.5. The van der Waals surface area contributed by atoms with Gasteiger partial charge in [0.25, 0.3) is 0 Å². The zero-order valence-corrected chi connectivity index (χ0v) is 9.86. The molecule has 0 saturated carbocycles. The maximum atomic E-state index is 11.2. The number of hydroxylamine groups is 1. The molecule has 16 heavy (non-hydrogen) atoms. The standard InChI is InChI=1S/C10H19N3O3/c1-8(13-15)12-7-5-4-6-10(2,11)9(14)16-3/h4-5,15H,6-7,11H2,1-3H3,(H,12,13)/t10-/m0/s1. The van der Waals surface area contributed by atoms with Gasteiger partial charge in [0.2, 0.25) is 0 Å². The lowest BCUT2D eigenvalue weighted by Gasteiger charge is -2.18. The number of ether oxygens (including phenoxy) is 1. The van der Waals surface area contributed by atoms with Crippen LogP contribution in [0.3, 0.4) is 0 Å². The number of esters is 1. The van der Waals surface area contributed by atoms with Gasteiger partial charge in [0.05, 0.1) is 13.7 Å². The van der Waals surface area contributed by atoms with Crippen molar-refractivity contribution in [2.75, 3.05) is 13.7 Å². The fourth-order valence-corrected chi connectivity index (χ4v) is 0.944. The quantitative estimate of drug-likeness (QED) is 0.206. The summed E-state index contributed by atoms with van der Waals surface area (Å²) in [6, 6.07) is 0. The Morgan fingerprint density at radius 2 is 2.25 bits per heavy atom. The van der Waals surface area contributed by atoms with Crippen LogP contribution in [0.5, 0.6) is 0 Å². The van der Waals surface area contributed by atoms with Gasteiger partial charge in [-0.2, -0.15) is 0 Å². The average Bonchev–Trinajstić information content (AvgIpc) is 2.26. The van der Waals surface area contributed by atoms with E-state index in [4.69, 9.17) is 10.9 Å². The Kier molecular flexibility index (Phi) is 6.36. The number of nitrogens with two attached hydrogens (primary N) is 1. The lowest BCUT2D eigenvalue weighted by molar-refractivity contribution is -0.146. The SMILES string of the molecule is COC(=O)[C@@](C)(N)CC=CCN=C(C)NO. The molecular weight excluding hydrogens is 210 g/mol. The Hall–Kier alpha value is -1.40. The summed E-state index contributed by atoms with van der Waals surface area (Å²) in [6.45, 7) is 3.65. The topological polar surface area (TPSA) is 96.9 Å². The van der Waals surface area contributed by atoms with Crippen LogP contribution in [0.15, 0.2) is 17.1 Å². The molecule has 1 atom stereocenters. The first kappa shape index (κ1) is 14.6. The maximum Gasteiger partial charge on any atom is 0.325 e. The van der Waals surface area contributed by atoms with E-state index in [0.717, 1.165) is 0 Å². The molecule has 0 heterocycles. The predicted octanol–water partition coefficient (Wildman–Crippen LogP) is 0.220. The van der Waals surface area contributed by atoms with E-state index in [0.29, 0.717) is 18.8 Å². The second kappa shape index (κ2) is 6.97. The van der Waals surface area contributed by atoms with Gasteiger partial charge in [-0.05, 0) is 20.3 Å². The van der Waals surface area contributed by atoms with Gasteiger partial charge in [0, 0.05) is 0 Å². The normalized spacial score (nSPS) is 15.9. The van der Waals surface area contributed by atoms with Crippen LogP contribution in [-0.4, -0.2) is 36.2 Å². The fraction of sp³-hybridized carbons (Fsp3) is 0.600. The molecule has 0 aliphatic rings. The summed E-state index contributed by atoms with van der Waals surface area (Å²) >= 11 is 0. The van der Waals surface area contributed by atoms with Crippen LogP contribution in [0.25, 0.3) is 0 Å². The zero-order valence-electron chi connectivity index (χ0n) is 9.86. The molecule has 0 rings (SSSR count). The van der Waals surface area contributed by atoms with Crippen molar-refractivity contribution >= 4 is 11.8 Å². The second-order valence-corrected chi connectivity index (χ2v) is 3.62. The minimum Gasteiger partial charge on any atom is -0.468 e. The number of nitrogens with zero attached hydrogens (tertiary/aromatic N) is 1. The van der Waals surface area contributed by atoms with E-state index in [2.05, 4.69) is 9.73 Å². The molecule has 0 unspecified atom stereocenters. The molecule has 0 amide bonds. The molecule has 0 aromatic heterocycles. The molecule has 0 aromatic rings. The van der Waals surface area contributed by atoms with Crippen LogP contribution >= 0.6 is 0 Å². The van der Waals surface area contributed by atoms with Gasteiger partial charge < -0.3 is 10.5 Å². The number of nitrogens with one attached hydrogen (secondary N) is 1. The maximum absolute atomic E-state index is 11.2. The van der Waals surface area contributed by atoms with Crippen molar-refractivity contribution in [2.24, 2.45) is 10.7 Å². The van der Waals surface area contributed by atoms with Crippen molar-refractivity contribution < 1.29 is 14.7 Å². The molecular formula is C10H19N3O3. The summed E-state index contributed by atoms with van der Waals surface area (Å²) in [7, 11) is 1.30. The van der Waals surface area contributed by atoms with Gasteiger partial charge in [-0.15, -0.1) is 0 Å². The van der Waals surface area contributed by atoms with Gasteiger partial charge in [-0.1, -0.05) is 12.2 Å². The molecule has 92 valence electrons. The average molecular weight is 229 g/mol. The summed E-state index contributed by atoms with van der Waals surface area (Å²) in [4.78, 5) is 15.1. The monoisotopic (exact) mass is 229 g/mol. The van der Waals surface area contributed by atoms with Crippen LogP contribution in [0.4, 0.5) is 0 Å². The summed E-state index contributed by atoms with van der Waals surface area (Å²) in [5, 5.41) is 8.44. The van der Waals surface area contributed by atoms with Crippen LogP contribution in [0.2, 0.25) is 0 Å². The number of rotatable bonds is 5. The van der Waals surface area contributed by atoms with Gasteiger partial charge in [-0.25, -0.2) is 0 Å². The number of carbonyl (C=O) groups excluding carboxylic acids is 1. The lowest BCUT2D eigenvalue weighted by Crippen LogP contribution is -2.45. The number of methoxy groups -OCH3 is 1. The summed E-state index contributed by atoms with van der Waals surface area (Å²) in [6.07, 6.45) is 3.89. The van der Waals surface area contributed by atoms with Crippen LogP contribution in [0, 0.1) is 0 Å². The third-order valence-electron chi connectivity index (χ3n) is 1.96. The molecule has 0 saturated heterocycles. The molecule has 0 radical (unpaired) electrons. The minimum atomic E-state index is -1.01. The van der Waals surface area contributed by atoms with Crippen molar-refractivity contribution in [1.29, 1.82) is 0 Å². The number of carbonyl (C=O) groups is 1. The molecule has 0 spiro atoms. The first-order valence-corrected chi connectivity index (χ1v) is 4.87. The van der Waals surface area contributed by atoms with E-state index < -0.39 is 11.5 Å². The molecule has 4 N–H and O–H groups in total. The lowest BCUT2D eigenvalue weighted by atomic mass is 9.99. The molecule has 0 aromatic carbocycles.